The van der Waals surface area contributed by atoms with E-state index in [1.165, 1.54) is 5.56 Å². The third-order valence-electron chi connectivity index (χ3n) is 3.07. The molecule has 4 heteroatoms. The first-order valence-electron chi connectivity index (χ1n) is 6.66. The number of nitrogens with zero attached hydrogens (tertiary/aromatic N) is 2. The molecule has 0 aliphatic carbocycles. The van der Waals surface area contributed by atoms with Gasteiger partial charge in [0.15, 0.2) is 0 Å². The lowest BCUT2D eigenvalue weighted by Gasteiger charge is -2.20. The van der Waals surface area contributed by atoms with E-state index in [-0.39, 0.29) is 0 Å². The lowest BCUT2D eigenvalue weighted by molar-refractivity contribution is 0.265. The number of aryl methyl sites for hydroxylation is 1. The van der Waals surface area contributed by atoms with E-state index < -0.39 is 0 Å². The Hall–Kier alpha value is -1.65. The van der Waals surface area contributed by atoms with Gasteiger partial charge in [0.1, 0.15) is 5.76 Å². The monoisotopic (exact) mass is 259 g/mol. The van der Waals surface area contributed by atoms with Crippen molar-refractivity contribution in [3.63, 3.8) is 0 Å². The van der Waals surface area contributed by atoms with Crippen LogP contribution in [-0.2, 0) is 13.0 Å². The second-order valence-electron chi connectivity index (χ2n) is 4.73. The number of rotatable bonds is 7. The molecule has 2 N–H and O–H groups in total. The van der Waals surface area contributed by atoms with E-state index in [0.29, 0.717) is 6.54 Å². The topological polar surface area (TPSA) is 55.3 Å². The van der Waals surface area contributed by atoms with Crippen molar-refractivity contribution in [1.82, 2.24) is 10.1 Å². The van der Waals surface area contributed by atoms with Crippen molar-refractivity contribution in [2.75, 3.05) is 19.6 Å². The van der Waals surface area contributed by atoms with Crippen LogP contribution in [0.1, 0.15) is 17.0 Å². The highest BCUT2D eigenvalue weighted by atomic mass is 16.5. The standard InChI is InChI=1S/C15H21N3O/c1-13-11-15(17-19-13)12-18(10-8-16)9-7-14-5-3-2-4-6-14/h2-6,11H,7-10,12,16H2,1H3. The van der Waals surface area contributed by atoms with Gasteiger partial charge in [0.05, 0.1) is 5.69 Å². The molecule has 0 amide bonds. The highest BCUT2D eigenvalue weighted by Crippen LogP contribution is 2.07. The minimum atomic E-state index is 0.658. The van der Waals surface area contributed by atoms with Crippen LogP contribution in [0.2, 0.25) is 0 Å². The normalized spacial score (nSPS) is 11.1. The predicted molar refractivity (Wildman–Crippen MR) is 75.7 cm³/mol. The summed E-state index contributed by atoms with van der Waals surface area (Å²) in [6, 6.07) is 12.5. The van der Waals surface area contributed by atoms with Crippen molar-refractivity contribution in [3.05, 3.63) is 53.4 Å². The fourth-order valence-electron chi connectivity index (χ4n) is 2.11. The fourth-order valence-corrected chi connectivity index (χ4v) is 2.11. The van der Waals surface area contributed by atoms with E-state index in [9.17, 15) is 0 Å². The Morgan fingerprint density at radius 2 is 2.00 bits per heavy atom. The molecule has 1 heterocycles. The van der Waals surface area contributed by atoms with Crippen molar-refractivity contribution in [2.45, 2.75) is 19.9 Å². The van der Waals surface area contributed by atoms with Gasteiger partial charge in [0.25, 0.3) is 0 Å². The Balaban J connectivity index is 1.89. The van der Waals surface area contributed by atoms with Crippen molar-refractivity contribution in [1.29, 1.82) is 0 Å². The second kappa shape index (κ2) is 7.07. The molecule has 0 fully saturated rings. The first-order chi connectivity index (χ1) is 9.28. The average molecular weight is 259 g/mol. The molecule has 0 radical (unpaired) electrons. The Bertz CT molecular complexity index is 481. The van der Waals surface area contributed by atoms with Gasteiger partial charge in [-0.15, -0.1) is 0 Å². The van der Waals surface area contributed by atoms with Crippen LogP contribution in [0.15, 0.2) is 40.9 Å². The van der Waals surface area contributed by atoms with Gasteiger partial charge in [0.2, 0.25) is 0 Å². The van der Waals surface area contributed by atoms with E-state index in [0.717, 1.165) is 37.5 Å². The Morgan fingerprint density at radius 1 is 1.21 bits per heavy atom. The number of hydrogen-bond donors (Lipinski definition) is 1. The summed E-state index contributed by atoms with van der Waals surface area (Å²) in [5, 5.41) is 4.04. The van der Waals surface area contributed by atoms with Crippen molar-refractivity contribution >= 4 is 0 Å². The van der Waals surface area contributed by atoms with Crippen LogP contribution in [0.25, 0.3) is 0 Å². The van der Waals surface area contributed by atoms with E-state index >= 15 is 0 Å². The highest BCUT2D eigenvalue weighted by molar-refractivity contribution is 5.15. The maximum Gasteiger partial charge on any atom is 0.133 e. The molecule has 19 heavy (non-hydrogen) atoms. The van der Waals surface area contributed by atoms with Crippen molar-refractivity contribution in [2.24, 2.45) is 5.73 Å². The van der Waals surface area contributed by atoms with Crippen LogP contribution < -0.4 is 5.73 Å². The number of hydrogen-bond acceptors (Lipinski definition) is 4. The smallest absolute Gasteiger partial charge is 0.133 e. The van der Waals surface area contributed by atoms with Crippen LogP contribution in [0, 0.1) is 6.92 Å². The molecule has 0 spiro atoms. The minimum Gasteiger partial charge on any atom is -0.361 e. The van der Waals surface area contributed by atoms with Crippen molar-refractivity contribution in [3.8, 4) is 0 Å². The van der Waals surface area contributed by atoms with Crippen LogP contribution >= 0.6 is 0 Å². The first kappa shape index (κ1) is 13.8. The summed E-state index contributed by atoms with van der Waals surface area (Å²) in [4.78, 5) is 2.31. The number of benzene rings is 1. The average Bonchev–Trinajstić information content (AvgIpc) is 2.83. The molecule has 102 valence electrons. The third kappa shape index (κ3) is 4.50. The van der Waals surface area contributed by atoms with Gasteiger partial charge in [-0.05, 0) is 18.9 Å². The zero-order valence-electron chi connectivity index (χ0n) is 11.4. The molecular formula is C15H21N3O. The number of nitrogens with two attached hydrogens (primary N) is 1. The molecule has 0 aliphatic heterocycles. The molecule has 2 rings (SSSR count). The minimum absolute atomic E-state index is 0.658. The van der Waals surface area contributed by atoms with E-state index in [1.807, 2.05) is 19.1 Å². The fraction of sp³-hybridized carbons (Fsp3) is 0.400. The van der Waals surface area contributed by atoms with Crippen LogP contribution in [0.5, 0.6) is 0 Å². The van der Waals surface area contributed by atoms with Crippen LogP contribution in [0.3, 0.4) is 0 Å². The molecule has 4 nitrogen and oxygen atoms in total. The SMILES string of the molecule is Cc1cc(CN(CCN)CCc2ccccc2)no1. The summed E-state index contributed by atoms with van der Waals surface area (Å²) < 4.78 is 5.10. The summed E-state index contributed by atoms with van der Waals surface area (Å²) in [5.41, 5.74) is 7.99. The molecule has 0 unspecified atom stereocenters. The molecule has 0 saturated carbocycles. The molecule has 0 atom stereocenters. The van der Waals surface area contributed by atoms with Gasteiger partial charge in [0, 0.05) is 32.2 Å². The first-order valence-corrected chi connectivity index (χ1v) is 6.66. The van der Waals surface area contributed by atoms with E-state index in [4.69, 9.17) is 10.3 Å². The molecule has 0 saturated heterocycles. The van der Waals surface area contributed by atoms with Crippen LogP contribution in [0.4, 0.5) is 0 Å². The Kier molecular flexibility index (Phi) is 5.12. The van der Waals surface area contributed by atoms with Crippen molar-refractivity contribution < 1.29 is 4.52 Å². The summed E-state index contributed by atoms with van der Waals surface area (Å²) in [6.07, 6.45) is 1.03. The number of aromatic nitrogens is 1. The summed E-state index contributed by atoms with van der Waals surface area (Å²) in [6.45, 7) is 5.21. The molecule has 1 aromatic heterocycles. The highest BCUT2D eigenvalue weighted by Gasteiger charge is 2.08. The largest absolute Gasteiger partial charge is 0.361 e. The Morgan fingerprint density at radius 3 is 2.63 bits per heavy atom. The quantitative estimate of drug-likeness (QED) is 0.826. The molecule has 0 aliphatic rings. The molecule has 1 aromatic carbocycles. The zero-order chi connectivity index (χ0) is 13.5. The van der Waals surface area contributed by atoms with Gasteiger partial charge < -0.3 is 10.3 Å². The lowest BCUT2D eigenvalue weighted by Crippen LogP contribution is -2.31. The lowest BCUT2D eigenvalue weighted by atomic mass is 10.1. The van der Waals surface area contributed by atoms with Gasteiger partial charge in [-0.2, -0.15) is 0 Å². The van der Waals surface area contributed by atoms with E-state index in [2.05, 4.69) is 34.3 Å². The summed E-state index contributed by atoms with van der Waals surface area (Å²) in [5.74, 6) is 0.853. The predicted octanol–water partition coefficient (Wildman–Crippen LogP) is 1.99. The van der Waals surface area contributed by atoms with Gasteiger partial charge >= 0.3 is 0 Å². The van der Waals surface area contributed by atoms with E-state index in [1.54, 1.807) is 0 Å². The van der Waals surface area contributed by atoms with Gasteiger partial charge in [-0.1, -0.05) is 35.5 Å². The van der Waals surface area contributed by atoms with Gasteiger partial charge in [-0.25, -0.2) is 0 Å². The third-order valence-corrected chi connectivity index (χ3v) is 3.07. The zero-order valence-corrected chi connectivity index (χ0v) is 11.4. The summed E-state index contributed by atoms with van der Waals surface area (Å²) in [7, 11) is 0. The molecule has 0 bridgehead atoms. The maximum absolute atomic E-state index is 5.67. The Labute approximate surface area is 114 Å². The van der Waals surface area contributed by atoms with Crippen LogP contribution in [-0.4, -0.2) is 29.7 Å². The van der Waals surface area contributed by atoms with Gasteiger partial charge in [-0.3, -0.25) is 4.90 Å². The maximum atomic E-state index is 5.67. The molecule has 2 aromatic rings. The second-order valence-corrected chi connectivity index (χ2v) is 4.73. The molecular weight excluding hydrogens is 238 g/mol. The summed E-state index contributed by atoms with van der Waals surface area (Å²) >= 11 is 0.